The third kappa shape index (κ3) is 4.38. The zero-order valence-corrected chi connectivity index (χ0v) is 12.6. The lowest BCUT2D eigenvalue weighted by molar-refractivity contribution is 0.0898. The van der Waals surface area contributed by atoms with E-state index in [0.717, 1.165) is 5.75 Å². The standard InChI is InChI=1S/C17H21NO3/c1-12(2)14-6-8-15(9-7-14)21-11-13(3)18-17(19)16-5-4-10-20-16/h4-10,12-13H,11H2,1-3H3,(H,18,19)/t13-/m1/s1. The van der Waals surface area contributed by atoms with Crippen molar-refractivity contribution in [3.05, 3.63) is 54.0 Å². The van der Waals surface area contributed by atoms with Crippen LogP contribution in [0.2, 0.25) is 0 Å². The summed E-state index contributed by atoms with van der Waals surface area (Å²) < 4.78 is 10.7. The SMILES string of the molecule is CC(C)c1ccc(OC[C@@H](C)NC(=O)c2ccco2)cc1. The number of carbonyl (C=O) groups is 1. The third-order valence-electron chi connectivity index (χ3n) is 3.17. The van der Waals surface area contributed by atoms with Crippen LogP contribution in [0.5, 0.6) is 5.75 Å². The van der Waals surface area contributed by atoms with Gasteiger partial charge in [0.2, 0.25) is 0 Å². The van der Waals surface area contributed by atoms with Gasteiger partial charge < -0.3 is 14.5 Å². The highest BCUT2D eigenvalue weighted by Crippen LogP contribution is 2.18. The second kappa shape index (κ2) is 6.97. The van der Waals surface area contributed by atoms with E-state index >= 15 is 0 Å². The maximum absolute atomic E-state index is 11.8. The molecule has 0 unspecified atom stereocenters. The summed E-state index contributed by atoms with van der Waals surface area (Å²) in [5, 5.41) is 2.82. The van der Waals surface area contributed by atoms with Crippen LogP contribution in [-0.4, -0.2) is 18.6 Å². The Hall–Kier alpha value is -2.23. The van der Waals surface area contributed by atoms with E-state index in [1.807, 2.05) is 19.1 Å². The molecule has 4 nitrogen and oxygen atoms in total. The zero-order valence-electron chi connectivity index (χ0n) is 12.6. The maximum Gasteiger partial charge on any atom is 0.287 e. The molecule has 1 amide bonds. The van der Waals surface area contributed by atoms with Crippen molar-refractivity contribution >= 4 is 5.91 Å². The van der Waals surface area contributed by atoms with Gasteiger partial charge in [0, 0.05) is 0 Å². The predicted octanol–water partition coefficient (Wildman–Crippen LogP) is 3.60. The minimum Gasteiger partial charge on any atom is -0.491 e. The second-order valence-electron chi connectivity index (χ2n) is 5.39. The normalized spacial score (nSPS) is 12.2. The van der Waals surface area contributed by atoms with E-state index in [4.69, 9.17) is 9.15 Å². The average Bonchev–Trinajstić information content (AvgIpc) is 3.00. The molecule has 2 aromatic rings. The quantitative estimate of drug-likeness (QED) is 0.883. The molecule has 0 aliphatic rings. The Balaban J connectivity index is 1.81. The molecule has 1 N–H and O–H groups in total. The van der Waals surface area contributed by atoms with Gasteiger partial charge in [0.05, 0.1) is 12.3 Å². The van der Waals surface area contributed by atoms with Gasteiger partial charge in [-0.15, -0.1) is 0 Å². The van der Waals surface area contributed by atoms with E-state index in [2.05, 4.69) is 31.3 Å². The molecule has 1 aromatic heterocycles. The summed E-state index contributed by atoms with van der Waals surface area (Å²) in [6, 6.07) is 11.2. The number of hydrogen-bond acceptors (Lipinski definition) is 3. The Morgan fingerprint density at radius 3 is 2.48 bits per heavy atom. The fourth-order valence-corrected chi connectivity index (χ4v) is 1.91. The first-order valence-electron chi connectivity index (χ1n) is 7.13. The summed E-state index contributed by atoms with van der Waals surface area (Å²) >= 11 is 0. The summed E-state index contributed by atoms with van der Waals surface area (Å²) in [5.74, 6) is 1.39. The van der Waals surface area contributed by atoms with Gasteiger partial charge in [-0.25, -0.2) is 0 Å². The van der Waals surface area contributed by atoms with E-state index in [-0.39, 0.29) is 11.9 Å². The van der Waals surface area contributed by atoms with Crippen LogP contribution in [0.4, 0.5) is 0 Å². The molecular weight excluding hydrogens is 266 g/mol. The minimum absolute atomic E-state index is 0.104. The van der Waals surface area contributed by atoms with Crippen LogP contribution in [0.15, 0.2) is 47.1 Å². The summed E-state index contributed by atoms with van der Waals surface area (Å²) in [5.41, 5.74) is 1.28. The van der Waals surface area contributed by atoms with Crippen molar-refractivity contribution in [2.45, 2.75) is 32.7 Å². The van der Waals surface area contributed by atoms with Gasteiger partial charge in [0.1, 0.15) is 12.4 Å². The molecule has 4 heteroatoms. The van der Waals surface area contributed by atoms with E-state index < -0.39 is 0 Å². The predicted molar refractivity (Wildman–Crippen MR) is 81.7 cm³/mol. The molecule has 0 bridgehead atoms. The van der Waals surface area contributed by atoms with Crippen LogP contribution in [0.3, 0.4) is 0 Å². The molecule has 1 atom stereocenters. The van der Waals surface area contributed by atoms with Gasteiger partial charge in [-0.3, -0.25) is 4.79 Å². The molecule has 1 heterocycles. The zero-order chi connectivity index (χ0) is 15.2. The summed E-state index contributed by atoms with van der Waals surface area (Å²) in [7, 11) is 0. The van der Waals surface area contributed by atoms with Gasteiger partial charge in [0.25, 0.3) is 5.91 Å². The number of nitrogens with one attached hydrogen (secondary N) is 1. The molecule has 2 rings (SSSR count). The summed E-state index contributed by atoms with van der Waals surface area (Å²) in [6.45, 7) is 6.61. The van der Waals surface area contributed by atoms with Crippen LogP contribution in [0, 0.1) is 0 Å². The fraction of sp³-hybridized carbons (Fsp3) is 0.353. The molecule has 1 aromatic carbocycles. The van der Waals surface area contributed by atoms with Gasteiger partial charge >= 0.3 is 0 Å². The van der Waals surface area contributed by atoms with E-state index in [9.17, 15) is 4.79 Å². The van der Waals surface area contributed by atoms with Gasteiger partial charge in [-0.1, -0.05) is 26.0 Å². The second-order valence-corrected chi connectivity index (χ2v) is 5.39. The van der Waals surface area contributed by atoms with Gasteiger partial charge in [0.15, 0.2) is 5.76 Å². The number of rotatable bonds is 6. The first-order valence-corrected chi connectivity index (χ1v) is 7.13. The Morgan fingerprint density at radius 1 is 1.19 bits per heavy atom. The third-order valence-corrected chi connectivity index (χ3v) is 3.17. The molecular formula is C17H21NO3. The topological polar surface area (TPSA) is 51.5 Å². The Morgan fingerprint density at radius 2 is 1.90 bits per heavy atom. The highest BCUT2D eigenvalue weighted by Gasteiger charge is 2.12. The lowest BCUT2D eigenvalue weighted by atomic mass is 10.0. The molecule has 21 heavy (non-hydrogen) atoms. The number of benzene rings is 1. The summed E-state index contributed by atoms with van der Waals surface area (Å²) in [4.78, 5) is 11.8. The van der Waals surface area contributed by atoms with Gasteiger partial charge in [-0.2, -0.15) is 0 Å². The van der Waals surface area contributed by atoms with Crippen molar-refractivity contribution in [1.29, 1.82) is 0 Å². The number of ether oxygens (including phenoxy) is 1. The molecule has 0 fully saturated rings. The van der Waals surface area contributed by atoms with Crippen molar-refractivity contribution in [2.24, 2.45) is 0 Å². The number of furan rings is 1. The lowest BCUT2D eigenvalue weighted by Crippen LogP contribution is -2.36. The Bertz CT molecular complexity index is 558. The lowest BCUT2D eigenvalue weighted by Gasteiger charge is -2.15. The molecule has 0 saturated heterocycles. The molecule has 112 valence electrons. The van der Waals surface area contributed by atoms with Crippen LogP contribution in [0.25, 0.3) is 0 Å². The molecule has 0 radical (unpaired) electrons. The molecule has 0 aliphatic heterocycles. The van der Waals surface area contributed by atoms with Crippen molar-refractivity contribution in [1.82, 2.24) is 5.32 Å². The largest absolute Gasteiger partial charge is 0.491 e. The van der Waals surface area contributed by atoms with E-state index in [0.29, 0.717) is 18.3 Å². The van der Waals surface area contributed by atoms with Gasteiger partial charge in [-0.05, 0) is 42.7 Å². The van der Waals surface area contributed by atoms with Crippen molar-refractivity contribution in [3.8, 4) is 5.75 Å². The Labute approximate surface area is 125 Å². The first-order chi connectivity index (χ1) is 10.1. The van der Waals surface area contributed by atoms with Crippen molar-refractivity contribution < 1.29 is 13.9 Å². The molecule has 0 aliphatic carbocycles. The Kier molecular flexibility index (Phi) is 5.04. The summed E-state index contributed by atoms with van der Waals surface area (Å²) in [6.07, 6.45) is 1.48. The van der Waals surface area contributed by atoms with Crippen LogP contribution in [0.1, 0.15) is 42.8 Å². The van der Waals surface area contributed by atoms with E-state index in [1.165, 1.54) is 11.8 Å². The maximum atomic E-state index is 11.8. The number of carbonyl (C=O) groups excluding carboxylic acids is 1. The molecule has 0 spiro atoms. The highest BCUT2D eigenvalue weighted by molar-refractivity contribution is 5.91. The van der Waals surface area contributed by atoms with Crippen LogP contribution < -0.4 is 10.1 Å². The fourth-order valence-electron chi connectivity index (χ4n) is 1.91. The minimum atomic E-state index is -0.230. The smallest absolute Gasteiger partial charge is 0.287 e. The van der Waals surface area contributed by atoms with Crippen LogP contribution in [-0.2, 0) is 0 Å². The monoisotopic (exact) mass is 287 g/mol. The highest BCUT2D eigenvalue weighted by atomic mass is 16.5. The number of amides is 1. The first kappa shape index (κ1) is 15.2. The van der Waals surface area contributed by atoms with Crippen LogP contribution >= 0.6 is 0 Å². The van der Waals surface area contributed by atoms with Crippen molar-refractivity contribution in [2.75, 3.05) is 6.61 Å². The molecule has 0 saturated carbocycles. The van der Waals surface area contributed by atoms with Crippen molar-refractivity contribution in [3.63, 3.8) is 0 Å². The average molecular weight is 287 g/mol. The van der Waals surface area contributed by atoms with E-state index in [1.54, 1.807) is 12.1 Å². The number of hydrogen-bond donors (Lipinski definition) is 1.